The van der Waals surface area contributed by atoms with Crippen LogP contribution >= 0.6 is 11.3 Å². The molecule has 2 rings (SSSR count). The van der Waals surface area contributed by atoms with E-state index in [2.05, 4.69) is 20.6 Å². The molecule has 1 atom stereocenters. The van der Waals surface area contributed by atoms with Crippen LogP contribution in [0.25, 0.3) is 0 Å². The lowest BCUT2D eigenvalue weighted by Crippen LogP contribution is -2.39. The zero-order chi connectivity index (χ0) is 17.5. The van der Waals surface area contributed by atoms with Gasteiger partial charge in [0.1, 0.15) is 10.8 Å². The number of rotatable bonds is 6. The van der Waals surface area contributed by atoms with Gasteiger partial charge in [-0.2, -0.15) is 0 Å². The molecule has 1 aromatic heterocycles. The number of guanidine groups is 1. The van der Waals surface area contributed by atoms with Crippen LogP contribution < -0.4 is 10.6 Å². The number of hydrogen-bond acceptors (Lipinski definition) is 4. The van der Waals surface area contributed by atoms with Crippen LogP contribution in [0.1, 0.15) is 34.2 Å². The molecule has 0 fully saturated rings. The summed E-state index contributed by atoms with van der Waals surface area (Å²) in [6.07, 6.45) is -0.945. The van der Waals surface area contributed by atoms with Gasteiger partial charge in [0.15, 0.2) is 5.96 Å². The Kier molecular flexibility index (Phi) is 6.69. The largest absolute Gasteiger partial charge is 0.386 e. The molecule has 0 spiro atoms. The summed E-state index contributed by atoms with van der Waals surface area (Å²) < 4.78 is 13.7. The summed E-state index contributed by atoms with van der Waals surface area (Å²) in [7, 11) is 0. The van der Waals surface area contributed by atoms with Crippen molar-refractivity contribution in [1.29, 1.82) is 0 Å². The molecule has 1 aromatic carbocycles. The minimum Gasteiger partial charge on any atom is -0.386 e. The third-order valence-corrected chi connectivity index (χ3v) is 4.57. The van der Waals surface area contributed by atoms with E-state index >= 15 is 0 Å². The number of aliphatic hydroxyl groups is 1. The van der Waals surface area contributed by atoms with E-state index in [1.165, 1.54) is 10.9 Å². The van der Waals surface area contributed by atoms with Crippen molar-refractivity contribution in [1.82, 2.24) is 15.6 Å². The molecule has 130 valence electrons. The molecule has 0 saturated heterocycles. The molecule has 0 aliphatic carbocycles. The van der Waals surface area contributed by atoms with E-state index in [1.807, 2.05) is 20.8 Å². The van der Waals surface area contributed by atoms with Crippen molar-refractivity contribution in [3.63, 3.8) is 0 Å². The van der Waals surface area contributed by atoms with Crippen molar-refractivity contribution in [3.8, 4) is 0 Å². The van der Waals surface area contributed by atoms with Crippen LogP contribution in [0.2, 0.25) is 0 Å². The lowest BCUT2D eigenvalue weighted by atomic mass is 10.1. The van der Waals surface area contributed by atoms with Crippen molar-refractivity contribution in [2.45, 2.75) is 33.4 Å². The highest BCUT2D eigenvalue weighted by molar-refractivity contribution is 7.11. The summed E-state index contributed by atoms with van der Waals surface area (Å²) in [5.74, 6) is 0.154. The monoisotopic (exact) mass is 350 g/mol. The van der Waals surface area contributed by atoms with Crippen LogP contribution in [0.5, 0.6) is 0 Å². The van der Waals surface area contributed by atoms with Crippen LogP contribution in [-0.4, -0.2) is 29.1 Å². The van der Waals surface area contributed by atoms with Gasteiger partial charge in [0.25, 0.3) is 0 Å². The van der Waals surface area contributed by atoms with Gasteiger partial charge in [-0.25, -0.2) is 14.4 Å². The third kappa shape index (κ3) is 5.01. The van der Waals surface area contributed by atoms with Gasteiger partial charge < -0.3 is 15.7 Å². The second-order valence-electron chi connectivity index (χ2n) is 5.36. The summed E-state index contributed by atoms with van der Waals surface area (Å²) in [5, 5.41) is 17.2. The maximum atomic E-state index is 13.7. The SMILES string of the molecule is CCNC(=NCc1nc(C)c(C)s1)NCC(O)c1ccccc1F. The maximum Gasteiger partial charge on any atom is 0.191 e. The van der Waals surface area contributed by atoms with Gasteiger partial charge in [-0.1, -0.05) is 18.2 Å². The number of nitrogens with one attached hydrogen (secondary N) is 2. The van der Waals surface area contributed by atoms with Crippen LogP contribution in [0.4, 0.5) is 4.39 Å². The summed E-state index contributed by atoms with van der Waals surface area (Å²) >= 11 is 1.62. The second kappa shape index (κ2) is 8.75. The molecule has 0 saturated carbocycles. The van der Waals surface area contributed by atoms with Gasteiger partial charge in [0, 0.05) is 23.5 Å². The van der Waals surface area contributed by atoms with Gasteiger partial charge in [-0.15, -0.1) is 11.3 Å². The zero-order valence-corrected chi connectivity index (χ0v) is 15.0. The fourth-order valence-electron chi connectivity index (χ4n) is 2.14. The van der Waals surface area contributed by atoms with E-state index in [-0.39, 0.29) is 12.1 Å². The number of hydrogen-bond donors (Lipinski definition) is 3. The molecule has 1 unspecified atom stereocenters. The molecule has 0 aliphatic rings. The van der Waals surface area contributed by atoms with Gasteiger partial charge in [-0.05, 0) is 26.8 Å². The van der Waals surface area contributed by atoms with E-state index in [4.69, 9.17) is 0 Å². The topological polar surface area (TPSA) is 69.5 Å². The van der Waals surface area contributed by atoms with Gasteiger partial charge in [0.2, 0.25) is 0 Å². The third-order valence-electron chi connectivity index (χ3n) is 3.52. The predicted molar refractivity (Wildman–Crippen MR) is 95.8 cm³/mol. The Bertz CT molecular complexity index is 682. The smallest absolute Gasteiger partial charge is 0.191 e. The van der Waals surface area contributed by atoms with Crippen molar-refractivity contribution in [2.75, 3.05) is 13.1 Å². The van der Waals surface area contributed by atoms with E-state index in [9.17, 15) is 9.50 Å². The average Bonchev–Trinajstić information content (AvgIpc) is 2.88. The van der Waals surface area contributed by atoms with Crippen LogP contribution in [0.15, 0.2) is 29.3 Å². The standard InChI is InChI=1S/C17H23FN4OS/c1-4-19-17(21-10-16-22-11(2)12(3)24-16)20-9-15(23)13-7-5-6-8-14(13)18/h5-8,15,23H,4,9-10H2,1-3H3,(H2,19,20,21). The van der Waals surface area contributed by atoms with Crippen LogP contribution in [0.3, 0.4) is 0 Å². The molecule has 2 aromatic rings. The quantitative estimate of drug-likeness (QED) is 0.553. The number of benzene rings is 1. The van der Waals surface area contributed by atoms with Gasteiger partial charge >= 0.3 is 0 Å². The fourth-order valence-corrected chi connectivity index (χ4v) is 3.00. The highest BCUT2D eigenvalue weighted by Crippen LogP contribution is 2.17. The van der Waals surface area contributed by atoms with Crippen molar-refractivity contribution in [2.24, 2.45) is 4.99 Å². The number of aliphatic imine (C=N–C) groups is 1. The molecule has 5 nitrogen and oxygen atoms in total. The number of aromatic nitrogens is 1. The van der Waals surface area contributed by atoms with Gasteiger partial charge in [0.05, 0.1) is 18.3 Å². The molecule has 7 heteroatoms. The summed E-state index contributed by atoms with van der Waals surface area (Å²) in [4.78, 5) is 10.1. The lowest BCUT2D eigenvalue weighted by Gasteiger charge is -2.15. The summed E-state index contributed by atoms with van der Waals surface area (Å²) in [5.41, 5.74) is 1.30. The molecule has 0 aliphatic heterocycles. The Morgan fingerprint density at radius 2 is 2.08 bits per heavy atom. The maximum absolute atomic E-state index is 13.7. The second-order valence-corrected chi connectivity index (χ2v) is 6.65. The minimum absolute atomic E-state index is 0.169. The van der Waals surface area contributed by atoms with E-state index < -0.39 is 11.9 Å². The van der Waals surface area contributed by atoms with Crippen molar-refractivity contribution in [3.05, 3.63) is 51.2 Å². The normalized spacial score (nSPS) is 13.0. The van der Waals surface area contributed by atoms with E-state index in [1.54, 1.807) is 29.5 Å². The molecule has 0 bridgehead atoms. The van der Waals surface area contributed by atoms with E-state index in [0.29, 0.717) is 19.0 Å². The Hall–Kier alpha value is -1.99. The Labute approximate surface area is 145 Å². The molecular formula is C17H23FN4OS. The molecule has 0 amide bonds. The van der Waals surface area contributed by atoms with E-state index in [0.717, 1.165) is 10.7 Å². The van der Waals surface area contributed by atoms with Crippen LogP contribution in [-0.2, 0) is 6.54 Å². The highest BCUT2D eigenvalue weighted by Gasteiger charge is 2.12. The average molecular weight is 350 g/mol. The Morgan fingerprint density at radius 3 is 2.71 bits per heavy atom. The first-order chi connectivity index (χ1) is 11.5. The Morgan fingerprint density at radius 1 is 1.33 bits per heavy atom. The number of thiazole rings is 1. The molecule has 3 N–H and O–H groups in total. The summed E-state index contributed by atoms with van der Waals surface area (Å²) in [6.45, 7) is 7.30. The fraction of sp³-hybridized carbons (Fsp3) is 0.412. The number of nitrogens with zero attached hydrogens (tertiary/aromatic N) is 2. The Balaban J connectivity index is 1.97. The number of halogens is 1. The summed E-state index contributed by atoms with van der Waals surface area (Å²) in [6, 6.07) is 6.22. The molecule has 1 heterocycles. The highest BCUT2D eigenvalue weighted by atomic mass is 32.1. The molecule has 24 heavy (non-hydrogen) atoms. The first-order valence-corrected chi connectivity index (χ1v) is 8.70. The van der Waals surface area contributed by atoms with Crippen molar-refractivity contribution >= 4 is 17.3 Å². The number of aliphatic hydroxyl groups excluding tert-OH is 1. The minimum atomic E-state index is -0.945. The van der Waals surface area contributed by atoms with Crippen molar-refractivity contribution < 1.29 is 9.50 Å². The van der Waals surface area contributed by atoms with Crippen LogP contribution in [0, 0.1) is 19.7 Å². The predicted octanol–water partition coefficient (Wildman–Crippen LogP) is 2.69. The molecular weight excluding hydrogens is 327 g/mol. The first kappa shape index (κ1) is 18.4. The molecule has 0 radical (unpaired) electrons. The lowest BCUT2D eigenvalue weighted by molar-refractivity contribution is 0.176. The van der Waals surface area contributed by atoms with Gasteiger partial charge in [-0.3, -0.25) is 0 Å². The number of aryl methyl sites for hydroxylation is 2. The zero-order valence-electron chi connectivity index (χ0n) is 14.1. The first-order valence-electron chi connectivity index (χ1n) is 7.88.